The van der Waals surface area contributed by atoms with Crippen LogP contribution in [-0.4, -0.2) is 65.9 Å². The fourth-order valence-electron chi connectivity index (χ4n) is 3.85. The van der Waals surface area contributed by atoms with Gasteiger partial charge in [0, 0.05) is 59.0 Å². The lowest BCUT2D eigenvalue weighted by molar-refractivity contribution is -0.0399. The van der Waals surface area contributed by atoms with Gasteiger partial charge in [-0.2, -0.15) is 0 Å². The maximum atomic E-state index is 13.1. The Morgan fingerprint density at radius 2 is 1.41 bits per heavy atom. The largest absolute Gasteiger partial charge is 0.464 e. The van der Waals surface area contributed by atoms with Crippen molar-refractivity contribution < 1.29 is 19.4 Å². The van der Waals surface area contributed by atoms with Crippen molar-refractivity contribution >= 4 is 34.0 Å². The normalized spacial score (nSPS) is 11.6. The van der Waals surface area contributed by atoms with E-state index in [9.17, 15) is 14.7 Å². The van der Waals surface area contributed by atoms with Crippen molar-refractivity contribution in [2.45, 2.75) is 39.2 Å². The minimum absolute atomic E-state index is 0.0753. The van der Waals surface area contributed by atoms with Gasteiger partial charge in [-0.05, 0) is 56.9 Å². The summed E-state index contributed by atoms with van der Waals surface area (Å²) in [5.74, 6) is 0. The van der Waals surface area contributed by atoms with E-state index in [4.69, 9.17) is 4.74 Å². The van der Waals surface area contributed by atoms with Crippen molar-refractivity contribution in [3.63, 3.8) is 0 Å². The maximum absolute atomic E-state index is 13.1. The summed E-state index contributed by atoms with van der Waals surface area (Å²) in [6.45, 7) is 5.44. The molecule has 10 nitrogen and oxygen atoms in total. The number of carbonyl (C=O) groups is 2. The molecule has 0 fully saturated rings. The minimum Gasteiger partial charge on any atom is -0.464 e. The molecule has 0 bridgehead atoms. The molecule has 3 N–H and O–H groups in total. The van der Waals surface area contributed by atoms with E-state index >= 15 is 0 Å². The number of carboxylic acid groups (broad SMARTS) is 1. The van der Waals surface area contributed by atoms with Crippen molar-refractivity contribution in [2.24, 2.45) is 0 Å². The summed E-state index contributed by atoms with van der Waals surface area (Å²) in [7, 11) is 0. The first-order chi connectivity index (χ1) is 16.2. The second kappa shape index (κ2) is 9.42. The zero-order valence-corrected chi connectivity index (χ0v) is 19.4. The van der Waals surface area contributed by atoms with Gasteiger partial charge in [0.2, 0.25) is 0 Å². The number of aromatic nitrogens is 4. The molecular weight excluding hydrogens is 436 g/mol. The minimum atomic E-state index is -1.23. The zero-order valence-electron chi connectivity index (χ0n) is 19.4. The van der Waals surface area contributed by atoms with Crippen LogP contribution in [0.5, 0.6) is 0 Å². The Morgan fingerprint density at radius 1 is 0.912 bits per heavy atom. The molecule has 0 aliphatic heterocycles. The van der Waals surface area contributed by atoms with Crippen LogP contribution in [0.25, 0.3) is 21.8 Å². The van der Waals surface area contributed by atoms with Crippen molar-refractivity contribution in [2.75, 3.05) is 13.1 Å². The van der Waals surface area contributed by atoms with E-state index in [1.165, 1.54) is 0 Å². The van der Waals surface area contributed by atoms with Crippen LogP contribution >= 0.6 is 0 Å². The molecule has 0 saturated carbocycles. The summed E-state index contributed by atoms with van der Waals surface area (Å²) in [5.41, 5.74) is 2.93. The molecule has 0 unspecified atom stereocenters. The molecule has 0 radical (unpaired) electrons. The number of hydrogen-bond acceptors (Lipinski definition) is 5. The van der Waals surface area contributed by atoms with E-state index in [0.717, 1.165) is 43.0 Å². The van der Waals surface area contributed by atoms with Crippen LogP contribution in [0.3, 0.4) is 0 Å². The van der Waals surface area contributed by atoms with Gasteiger partial charge < -0.3 is 19.8 Å². The molecule has 178 valence electrons. The van der Waals surface area contributed by atoms with Gasteiger partial charge in [-0.15, -0.1) is 0 Å². The summed E-state index contributed by atoms with van der Waals surface area (Å²) in [4.78, 5) is 40.0. The van der Waals surface area contributed by atoms with Crippen LogP contribution in [0.4, 0.5) is 9.59 Å². The van der Waals surface area contributed by atoms with Gasteiger partial charge in [0.25, 0.3) is 0 Å². The number of hydrazine groups is 1. The highest BCUT2D eigenvalue weighted by Gasteiger charge is 2.30. The quantitative estimate of drug-likeness (QED) is 0.364. The van der Waals surface area contributed by atoms with E-state index in [-0.39, 0.29) is 13.1 Å². The molecule has 0 aliphatic carbocycles. The maximum Gasteiger partial charge on any atom is 0.429 e. The molecular formula is C24H28N6O4. The van der Waals surface area contributed by atoms with Crippen LogP contribution in [-0.2, 0) is 17.6 Å². The van der Waals surface area contributed by atoms with Crippen LogP contribution in [0, 0.1) is 0 Å². The monoisotopic (exact) mass is 464 g/mol. The second-order valence-electron chi connectivity index (χ2n) is 8.98. The molecule has 4 aromatic rings. The first kappa shape index (κ1) is 23.1. The van der Waals surface area contributed by atoms with E-state index < -0.39 is 17.8 Å². The average Bonchev–Trinajstić information content (AvgIpc) is 3.38. The Kier molecular flexibility index (Phi) is 6.40. The summed E-state index contributed by atoms with van der Waals surface area (Å²) >= 11 is 0. The van der Waals surface area contributed by atoms with E-state index in [0.29, 0.717) is 12.8 Å². The van der Waals surface area contributed by atoms with Gasteiger partial charge >= 0.3 is 12.2 Å². The Bertz CT molecular complexity index is 1310. The number of amides is 2. The lowest BCUT2D eigenvalue weighted by Crippen LogP contribution is -2.52. The number of fused-ring (bicyclic) bond motifs is 2. The number of ether oxygens (including phenoxy) is 1. The molecule has 0 saturated heterocycles. The van der Waals surface area contributed by atoms with Crippen LogP contribution in [0.15, 0.2) is 49.3 Å². The van der Waals surface area contributed by atoms with Gasteiger partial charge in [0.15, 0.2) is 0 Å². The SMILES string of the molecule is CC(C)(C)OC(=O)N(CCc1c[nH]c2ccncc12)N(CCc1c[nH]c2ccncc12)C(=O)O. The number of carbonyl (C=O) groups excluding carboxylic acids is 1. The number of aromatic amines is 2. The topological polar surface area (TPSA) is 127 Å². The van der Waals surface area contributed by atoms with E-state index in [2.05, 4.69) is 19.9 Å². The molecule has 0 atom stereocenters. The smallest absolute Gasteiger partial charge is 0.429 e. The summed E-state index contributed by atoms with van der Waals surface area (Å²) in [6.07, 6.45) is 9.44. The summed E-state index contributed by atoms with van der Waals surface area (Å²) in [6, 6.07) is 3.72. The Balaban J connectivity index is 1.56. The lowest BCUT2D eigenvalue weighted by Gasteiger charge is -2.34. The van der Waals surface area contributed by atoms with Crippen molar-refractivity contribution in [3.8, 4) is 0 Å². The predicted molar refractivity (Wildman–Crippen MR) is 127 cm³/mol. The van der Waals surface area contributed by atoms with Crippen molar-refractivity contribution in [1.82, 2.24) is 30.0 Å². The fourth-order valence-corrected chi connectivity index (χ4v) is 3.85. The Labute approximate surface area is 196 Å². The van der Waals surface area contributed by atoms with Gasteiger partial charge in [-0.25, -0.2) is 19.6 Å². The third-order valence-electron chi connectivity index (χ3n) is 5.44. The van der Waals surface area contributed by atoms with Gasteiger partial charge in [0.1, 0.15) is 5.60 Å². The molecule has 4 rings (SSSR count). The van der Waals surface area contributed by atoms with Crippen molar-refractivity contribution in [3.05, 3.63) is 60.4 Å². The summed E-state index contributed by atoms with van der Waals surface area (Å²) < 4.78 is 5.54. The molecule has 34 heavy (non-hydrogen) atoms. The second-order valence-corrected chi connectivity index (χ2v) is 8.98. The number of rotatable bonds is 6. The third kappa shape index (κ3) is 5.11. The van der Waals surface area contributed by atoms with E-state index in [1.54, 1.807) is 45.6 Å². The van der Waals surface area contributed by atoms with E-state index in [1.807, 2.05) is 24.5 Å². The molecule has 0 aromatic carbocycles. The number of pyridine rings is 2. The molecule has 2 amide bonds. The molecule has 10 heteroatoms. The third-order valence-corrected chi connectivity index (χ3v) is 5.44. The van der Waals surface area contributed by atoms with Crippen LogP contribution in [0.2, 0.25) is 0 Å². The number of nitrogens with one attached hydrogen (secondary N) is 2. The van der Waals surface area contributed by atoms with Crippen molar-refractivity contribution in [1.29, 1.82) is 0 Å². The zero-order chi connectivity index (χ0) is 24.3. The first-order valence-electron chi connectivity index (χ1n) is 11.0. The van der Waals surface area contributed by atoms with Crippen LogP contribution < -0.4 is 0 Å². The van der Waals surface area contributed by atoms with Gasteiger partial charge in [-0.3, -0.25) is 9.97 Å². The molecule has 4 aromatic heterocycles. The lowest BCUT2D eigenvalue weighted by atomic mass is 10.1. The predicted octanol–water partition coefficient (Wildman–Crippen LogP) is 4.36. The Hall–Kier alpha value is -4.08. The summed E-state index contributed by atoms with van der Waals surface area (Å²) in [5, 5.41) is 14.0. The first-order valence-corrected chi connectivity index (χ1v) is 11.0. The highest BCUT2D eigenvalue weighted by Crippen LogP contribution is 2.21. The van der Waals surface area contributed by atoms with Gasteiger partial charge in [-0.1, -0.05) is 0 Å². The fraction of sp³-hybridized carbons (Fsp3) is 0.333. The highest BCUT2D eigenvalue weighted by atomic mass is 16.6. The number of hydrogen-bond donors (Lipinski definition) is 3. The Morgan fingerprint density at radius 3 is 1.88 bits per heavy atom. The molecule has 0 aliphatic rings. The molecule has 4 heterocycles. The standard InChI is InChI=1S/C24H28N6O4/c1-24(2,3)34-23(33)30(11-7-17-13-28-21-5-9-26-15-19(17)21)29(22(31)32)10-6-16-12-27-20-4-8-25-14-18(16)20/h4-5,8-9,12-15,27-28H,6-7,10-11H2,1-3H3,(H,31,32). The molecule has 0 spiro atoms. The van der Waals surface area contributed by atoms with Gasteiger partial charge in [0.05, 0.1) is 13.1 Å². The number of H-pyrrole nitrogens is 2. The highest BCUT2D eigenvalue weighted by molar-refractivity contribution is 5.83. The van der Waals surface area contributed by atoms with Crippen LogP contribution in [0.1, 0.15) is 31.9 Å². The average molecular weight is 465 g/mol. The number of nitrogens with zero attached hydrogens (tertiary/aromatic N) is 4.